The number of carbonyl (C=O) groups excluding carboxylic acids is 3. The fourth-order valence-electron chi connectivity index (χ4n) is 2.96. The Morgan fingerprint density at radius 3 is 2.45 bits per heavy atom. The quantitative estimate of drug-likeness (QED) is 0.535. The SMILES string of the molecule is NC(=O)C(=O)C(CCCc1ccccc1)NC(=O)c1ccnn1-c1ccccn1. The number of aryl methyl sites for hydroxylation is 1. The van der Waals surface area contributed by atoms with E-state index in [9.17, 15) is 14.4 Å². The first-order valence-corrected chi connectivity index (χ1v) is 9.20. The highest BCUT2D eigenvalue weighted by atomic mass is 16.2. The summed E-state index contributed by atoms with van der Waals surface area (Å²) in [7, 11) is 0. The number of Topliss-reactive ketones (excluding diaryl/α,β-unsaturated/α-hetero) is 1. The van der Waals surface area contributed by atoms with Crippen molar-refractivity contribution in [3.8, 4) is 5.82 Å². The van der Waals surface area contributed by atoms with Gasteiger partial charge in [-0.15, -0.1) is 0 Å². The van der Waals surface area contributed by atoms with Crippen molar-refractivity contribution >= 4 is 17.6 Å². The van der Waals surface area contributed by atoms with Gasteiger partial charge < -0.3 is 11.1 Å². The summed E-state index contributed by atoms with van der Waals surface area (Å²) >= 11 is 0. The second-order valence-corrected chi connectivity index (χ2v) is 6.45. The van der Waals surface area contributed by atoms with Crippen LogP contribution in [0.4, 0.5) is 0 Å². The zero-order valence-corrected chi connectivity index (χ0v) is 15.7. The Kier molecular flexibility index (Phi) is 6.47. The normalized spacial score (nSPS) is 11.6. The highest BCUT2D eigenvalue weighted by Gasteiger charge is 2.26. The molecule has 3 rings (SSSR count). The lowest BCUT2D eigenvalue weighted by Gasteiger charge is -2.16. The molecule has 1 aromatic carbocycles. The molecule has 0 aliphatic heterocycles. The van der Waals surface area contributed by atoms with Gasteiger partial charge in [0.1, 0.15) is 5.69 Å². The summed E-state index contributed by atoms with van der Waals surface area (Å²) in [6.45, 7) is 0. The highest BCUT2D eigenvalue weighted by Crippen LogP contribution is 2.11. The molecule has 3 N–H and O–H groups in total. The topological polar surface area (TPSA) is 120 Å². The molecule has 0 saturated heterocycles. The molecule has 8 nitrogen and oxygen atoms in total. The summed E-state index contributed by atoms with van der Waals surface area (Å²) in [6.07, 6.45) is 4.66. The highest BCUT2D eigenvalue weighted by molar-refractivity contribution is 6.37. The van der Waals surface area contributed by atoms with Crippen LogP contribution in [0.2, 0.25) is 0 Å². The van der Waals surface area contributed by atoms with Crippen LogP contribution in [0.15, 0.2) is 67.0 Å². The molecule has 3 aromatic rings. The Morgan fingerprint density at radius 1 is 1.00 bits per heavy atom. The van der Waals surface area contributed by atoms with Crippen molar-refractivity contribution in [1.29, 1.82) is 0 Å². The van der Waals surface area contributed by atoms with Crippen LogP contribution in [0, 0.1) is 0 Å². The molecule has 8 heteroatoms. The van der Waals surface area contributed by atoms with Gasteiger partial charge in [-0.05, 0) is 43.0 Å². The molecular weight excluding hydrogens is 370 g/mol. The number of rotatable bonds is 9. The van der Waals surface area contributed by atoms with E-state index in [1.165, 1.54) is 16.9 Å². The molecule has 0 spiro atoms. The second-order valence-electron chi connectivity index (χ2n) is 6.45. The Morgan fingerprint density at radius 2 is 1.76 bits per heavy atom. The summed E-state index contributed by atoms with van der Waals surface area (Å²) in [4.78, 5) is 40.6. The lowest BCUT2D eigenvalue weighted by Crippen LogP contribution is -2.46. The number of ketones is 1. The Hall–Kier alpha value is -3.81. The van der Waals surface area contributed by atoms with Gasteiger partial charge in [0.05, 0.1) is 12.2 Å². The van der Waals surface area contributed by atoms with Crippen LogP contribution in [-0.2, 0) is 16.0 Å². The van der Waals surface area contributed by atoms with Gasteiger partial charge in [0, 0.05) is 6.20 Å². The molecule has 0 radical (unpaired) electrons. The van der Waals surface area contributed by atoms with Gasteiger partial charge in [-0.3, -0.25) is 14.4 Å². The van der Waals surface area contributed by atoms with E-state index in [0.29, 0.717) is 25.1 Å². The first-order chi connectivity index (χ1) is 14.1. The van der Waals surface area contributed by atoms with E-state index < -0.39 is 23.6 Å². The van der Waals surface area contributed by atoms with E-state index in [1.807, 2.05) is 30.3 Å². The van der Waals surface area contributed by atoms with Gasteiger partial charge in [-0.2, -0.15) is 5.10 Å². The van der Waals surface area contributed by atoms with Crippen molar-refractivity contribution in [2.45, 2.75) is 25.3 Å². The summed E-state index contributed by atoms with van der Waals surface area (Å²) in [5.41, 5.74) is 6.48. The third-order valence-electron chi connectivity index (χ3n) is 4.41. The maximum absolute atomic E-state index is 12.8. The van der Waals surface area contributed by atoms with Crippen LogP contribution in [-0.4, -0.2) is 38.4 Å². The smallest absolute Gasteiger partial charge is 0.287 e. The third kappa shape index (κ3) is 5.13. The van der Waals surface area contributed by atoms with Gasteiger partial charge >= 0.3 is 0 Å². The van der Waals surface area contributed by atoms with Gasteiger partial charge in [0.15, 0.2) is 5.82 Å². The van der Waals surface area contributed by atoms with Gasteiger partial charge in [-0.25, -0.2) is 9.67 Å². The summed E-state index contributed by atoms with van der Waals surface area (Å²) in [5.74, 6) is -1.97. The number of hydrogen-bond donors (Lipinski definition) is 2. The third-order valence-corrected chi connectivity index (χ3v) is 4.41. The molecule has 0 aliphatic carbocycles. The number of aromatic nitrogens is 3. The number of nitrogens with one attached hydrogen (secondary N) is 1. The second kappa shape index (κ2) is 9.41. The number of carbonyl (C=O) groups is 3. The molecule has 2 aromatic heterocycles. The van der Waals surface area contributed by atoms with Gasteiger partial charge in [-0.1, -0.05) is 36.4 Å². The standard InChI is InChI=1S/C21H21N5O3/c22-20(28)19(27)16(10-6-9-15-7-2-1-3-8-15)25-21(29)17-12-14-24-26(17)18-11-4-5-13-23-18/h1-5,7-8,11-14,16H,6,9-10H2,(H2,22,28)(H,25,29). The number of primary amides is 1. The molecule has 0 saturated carbocycles. The van der Waals surface area contributed by atoms with Crippen molar-refractivity contribution < 1.29 is 14.4 Å². The summed E-state index contributed by atoms with van der Waals surface area (Å²) in [6, 6.07) is 15.5. The molecule has 0 bridgehead atoms. The number of nitrogens with two attached hydrogens (primary N) is 1. The Bertz CT molecular complexity index is 986. The largest absolute Gasteiger partial charge is 0.363 e. The maximum atomic E-state index is 12.8. The molecule has 1 atom stereocenters. The number of benzene rings is 1. The first kappa shape index (κ1) is 19.9. The molecule has 0 aliphatic rings. The van der Waals surface area contributed by atoms with Crippen molar-refractivity contribution in [3.63, 3.8) is 0 Å². The van der Waals surface area contributed by atoms with Crippen molar-refractivity contribution in [2.75, 3.05) is 0 Å². The van der Waals surface area contributed by atoms with E-state index in [1.54, 1.807) is 24.4 Å². The number of amides is 2. The fourth-order valence-corrected chi connectivity index (χ4v) is 2.96. The predicted molar refractivity (Wildman–Crippen MR) is 106 cm³/mol. The van der Waals surface area contributed by atoms with Crippen LogP contribution in [0.5, 0.6) is 0 Å². The van der Waals surface area contributed by atoms with E-state index in [2.05, 4.69) is 15.4 Å². The monoisotopic (exact) mass is 391 g/mol. The van der Waals surface area contributed by atoms with Crippen molar-refractivity contribution in [1.82, 2.24) is 20.1 Å². The van der Waals surface area contributed by atoms with E-state index in [0.717, 1.165) is 5.56 Å². The molecule has 148 valence electrons. The van der Waals surface area contributed by atoms with Gasteiger partial charge in [0.2, 0.25) is 5.78 Å². The summed E-state index contributed by atoms with van der Waals surface area (Å²) < 4.78 is 1.37. The van der Waals surface area contributed by atoms with Crippen LogP contribution < -0.4 is 11.1 Å². The first-order valence-electron chi connectivity index (χ1n) is 9.20. The summed E-state index contributed by atoms with van der Waals surface area (Å²) in [5, 5.41) is 6.73. The van der Waals surface area contributed by atoms with Crippen LogP contribution >= 0.6 is 0 Å². The van der Waals surface area contributed by atoms with E-state index in [4.69, 9.17) is 5.73 Å². The van der Waals surface area contributed by atoms with Crippen molar-refractivity contribution in [3.05, 3.63) is 78.2 Å². The lowest BCUT2D eigenvalue weighted by atomic mass is 10.0. The van der Waals surface area contributed by atoms with E-state index in [-0.39, 0.29) is 5.69 Å². The molecule has 1 unspecified atom stereocenters. The van der Waals surface area contributed by atoms with Crippen LogP contribution in [0.3, 0.4) is 0 Å². The van der Waals surface area contributed by atoms with Crippen LogP contribution in [0.1, 0.15) is 28.9 Å². The zero-order chi connectivity index (χ0) is 20.6. The average molecular weight is 391 g/mol. The van der Waals surface area contributed by atoms with E-state index >= 15 is 0 Å². The average Bonchev–Trinajstić information content (AvgIpc) is 3.24. The molecule has 29 heavy (non-hydrogen) atoms. The lowest BCUT2D eigenvalue weighted by molar-refractivity contribution is -0.137. The van der Waals surface area contributed by atoms with Gasteiger partial charge in [0.25, 0.3) is 11.8 Å². The number of hydrogen-bond acceptors (Lipinski definition) is 5. The zero-order valence-electron chi connectivity index (χ0n) is 15.7. The van der Waals surface area contributed by atoms with Crippen molar-refractivity contribution in [2.24, 2.45) is 5.73 Å². The van der Waals surface area contributed by atoms with Crippen LogP contribution in [0.25, 0.3) is 5.82 Å². The molecule has 0 fully saturated rings. The minimum Gasteiger partial charge on any atom is -0.363 e. The molecule has 2 amide bonds. The molecular formula is C21H21N5O3. The number of nitrogens with zero attached hydrogens (tertiary/aromatic N) is 3. The predicted octanol–water partition coefficient (Wildman–Crippen LogP) is 1.44. The Labute approximate surface area is 167 Å². The maximum Gasteiger partial charge on any atom is 0.287 e. The molecule has 2 heterocycles. The number of pyridine rings is 1. The minimum absolute atomic E-state index is 0.203. The minimum atomic E-state index is -1.08. The Balaban J connectivity index is 1.71. The fraction of sp³-hybridized carbons (Fsp3) is 0.190.